The average Bonchev–Trinajstić information content (AvgIpc) is 3.28. The van der Waals surface area contributed by atoms with Crippen LogP contribution in [0.1, 0.15) is 29.7 Å². The largest absolute Gasteiger partial charge is 0.355 e. The smallest absolute Gasteiger partial charge is 0.264 e. The number of carbonyl (C=O) groups excluding carboxylic acids is 1. The summed E-state index contributed by atoms with van der Waals surface area (Å²) in [5.74, 6) is -0.368. The average molecular weight is 514 g/mol. The van der Waals surface area contributed by atoms with Crippen LogP contribution in [-0.4, -0.2) is 70.8 Å². The molecule has 0 unspecified atom stereocenters. The number of benzene rings is 2. The van der Waals surface area contributed by atoms with Crippen molar-refractivity contribution in [1.82, 2.24) is 24.2 Å². The summed E-state index contributed by atoms with van der Waals surface area (Å²) in [6.45, 7) is 4.28. The molecule has 1 aromatic heterocycles. The number of aryl methyl sites for hydroxylation is 2. The van der Waals surface area contributed by atoms with Crippen molar-refractivity contribution in [2.45, 2.75) is 24.9 Å². The molecule has 36 heavy (non-hydrogen) atoms. The fourth-order valence-corrected chi connectivity index (χ4v) is 5.71. The Morgan fingerprint density at radius 3 is 2.58 bits per heavy atom. The van der Waals surface area contributed by atoms with Gasteiger partial charge in [0.25, 0.3) is 10.0 Å². The number of aromatic nitrogens is 3. The van der Waals surface area contributed by atoms with E-state index in [0.717, 1.165) is 11.1 Å². The highest BCUT2D eigenvalue weighted by Crippen LogP contribution is 2.33. The van der Waals surface area contributed by atoms with Gasteiger partial charge in [-0.1, -0.05) is 0 Å². The van der Waals surface area contributed by atoms with E-state index in [1.807, 2.05) is 24.0 Å². The van der Waals surface area contributed by atoms with Crippen LogP contribution in [0.4, 0.5) is 15.8 Å². The number of carbonyl (C=O) groups is 1. The minimum atomic E-state index is -3.88. The van der Waals surface area contributed by atoms with E-state index in [0.29, 0.717) is 23.5 Å². The van der Waals surface area contributed by atoms with Gasteiger partial charge >= 0.3 is 0 Å². The molecule has 0 bridgehead atoms. The number of ketones is 1. The zero-order valence-corrected chi connectivity index (χ0v) is 21.1. The second kappa shape index (κ2) is 10.2. The quantitative estimate of drug-likeness (QED) is 0.444. The first-order chi connectivity index (χ1) is 17.1. The van der Waals surface area contributed by atoms with Crippen molar-refractivity contribution >= 4 is 33.4 Å². The van der Waals surface area contributed by atoms with Crippen molar-refractivity contribution in [3.63, 3.8) is 0 Å². The van der Waals surface area contributed by atoms with Gasteiger partial charge in [-0.3, -0.25) is 9.69 Å². The van der Waals surface area contributed by atoms with E-state index >= 15 is 0 Å². The Morgan fingerprint density at radius 2 is 1.97 bits per heavy atom. The lowest BCUT2D eigenvalue weighted by Crippen LogP contribution is -2.51. The molecular weight excluding hydrogens is 485 g/mol. The second-order valence-corrected chi connectivity index (χ2v) is 10.7. The van der Waals surface area contributed by atoms with Gasteiger partial charge in [0.15, 0.2) is 0 Å². The van der Waals surface area contributed by atoms with E-state index in [-0.39, 0.29) is 36.3 Å². The predicted octanol–water partition coefficient (Wildman–Crippen LogP) is 2.64. The first-order valence-corrected chi connectivity index (χ1v) is 12.8. The third-order valence-electron chi connectivity index (χ3n) is 6.14. The number of hydrogen-bond donors (Lipinski definition) is 2. The van der Waals surface area contributed by atoms with E-state index in [1.54, 1.807) is 19.2 Å². The van der Waals surface area contributed by atoms with Crippen molar-refractivity contribution in [2.75, 3.05) is 31.5 Å². The van der Waals surface area contributed by atoms with Crippen LogP contribution in [0, 0.1) is 18.2 Å². The molecule has 0 amide bonds. The van der Waals surface area contributed by atoms with Crippen molar-refractivity contribution in [3.8, 4) is 0 Å². The van der Waals surface area contributed by atoms with E-state index in [9.17, 15) is 17.6 Å². The van der Waals surface area contributed by atoms with Gasteiger partial charge in [0.05, 0.1) is 12.7 Å². The van der Waals surface area contributed by atoms with Crippen LogP contribution in [0.25, 0.3) is 0 Å². The van der Waals surface area contributed by atoms with Crippen LogP contribution in [0.2, 0.25) is 0 Å². The summed E-state index contributed by atoms with van der Waals surface area (Å²) in [7, 11) is -2.32. The lowest BCUT2D eigenvalue weighted by molar-refractivity contribution is -0.119. The van der Waals surface area contributed by atoms with E-state index in [4.69, 9.17) is 5.41 Å². The maximum atomic E-state index is 13.3. The van der Waals surface area contributed by atoms with Gasteiger partial charge in [0, 0.05) is 55.9 Å². The van der Waals surface area contributed by atoms with Gasteiger partial charge < -0.3 is 10.7 Å². The summed E-state index contributed by atoms with van der Waals surface area (Å²) >= 11 is 0. The van der Waals surface area contributed by atoms with Gasteiger partial charge in [-0.2, -0.15) is 14.2 Å². The van der Waals surface area contributed by atoms with Crippen LogP contribution >= 0.6 is 0 Å². The second-order valence-electron chi connectivity index (χ2n) is 8.80. The monoisotopic (exact) mass is 513 g/mol. The molecule has 190 valence electrons. The standard InChI is InChI=1S/C24H28FN7O3S/c1-16-10-22(28-20-6-4-19(25)5-7-20)18(12-26)11-21(16)23-15-32(9-8-31(23)14-17(2)33)36(34,35)24-13-27-30(3)29-24/h4-7,10-13,23,26,28H,8-9,14-15H2,1-3H3/t23-/m1/s1. The Hall–Kier alpha value is -3.48. The van der Waals surface area contributed by atoms with Crippen LogP contribution in [0.5, 0.6) is 0 Å². The summed E-state index contributed by atoms with van der Waals surface area (Å²) in [5.41, 5.74) is 3.59. The number of sulfonamides is 1. The first kappa shape index (κ1) is 25.6. The number of halogens is 1. The highest BCUT2D eigenvalue weighted by atomic mass is 32.2. The summed E-state index contributed by atoms with van der Waals surface area (Å²) in [5, 5.41) is 18.9. The lowest BCUT2D eigenvalue weighted by Gasteiger charge is -2.41. The van der Waals surface area contributed by atoms with Gasteiger partial charge in [0.1, 0.15) is 11.6 Å². The molecule has 2 N–H and O–H groups in total. The maximum absolute atomic E-state index is 13.3. The molecule has 1 fully saturated rings. The Balaban J connectivity index is 1.69. The number of nitrogens with one attached hydrogen (secondary N) is 2. The van der Waals surface area contributed by atoms with E-state index in [2.05, 4.69) is 15.5 Å². The molecule has 3 aromatic rings. The Labute approximate surface area is 209 Å². The number of anilines is 2. The van der Waals surface area contributed by atoms with Crippen LogP contribution < -0.4 is 5.32 Å². The number of rotatable bonds is 8. The Bertz CT molecular complexity index is 1390. The van der Waals surface area contributed by atoms with Crippen LogP contribution in [-0.2, 0) is 21.9 Å². The lowest BCUT2D eigenvalue weighted by atomic mass is 9.94. The Morgan fingerprint density at radius 1 is 1.25 bits per heavy atom. The maximum Gasteiger partial charge on any atom is 0.264 e. The molecule has 1 atom stereocenters. The molecule has 2 aromatic carbocycles. The van der Waals surface area contributed by atoms with Gasteiger partial charge in [-0.25, -0.2) is 12.8 Å². The Kier molecular flexibility index (Phi) is 7.29. The fourth-order valence-electron chi connectivity index (χ4n) is 4.38. The normalized spacial score (nSPS) is 17.2. The molecule has 0 aliphatic carbocycles. The van der Waals surface area contributed by atoms with Crippen molar-refractivity contribution in [2.24, 2.45) is 7.05 Å². The summed E-state index contributed by atoms with van der Waals surface area (Å²) in [6, 6.07) is 9.22. The topological polar surface area (TPSA) is 124 Å². The molecule has 1 aliphatic rings. The van der Waals surface area contributed by atoms with Crippen LogP contribution in [0.3, 0.4) is 0 Å². The summed E-state index contributed by atoms with van der Waals surface area (Å²) in [6.07, 6.45) is 2.43. The molecule has 1 saturated heterocycles. The molecule has 1 aliphatic heterocycles. The zero-order chi connectivity index (χ0) is 26.0. The molecule has 10 nitrogen and oxygen atoms in total. The molecule has 4 rings (SSSR count). The van der Waals surface area contributed by atoms with E-state index in [1.165, 1.54) is 40.6 Å². The molecule has 12 heteroatoms. The van der Waals surface area contributed by atoms with Gasteiger partial charge in [-0.05, 0) is 61.4 Å². The minimum absolute atomic E-state index is 0.0234. The zero-order valence-electron chi connectivity index (χ0n) is 20.3. The predicted molar refractivity (Wildman–Crippen MR) is 134 cm³/mol. The molecular formula is C24H28FN7O3S. The van der Waals surface area contributed by atoms with Crippen molar-refractivity contribution in [3.05, 3.63) is 65.1 Å². The number of nitrogens with zero attached hydrogens (tertiary/aromatic N) is 5. The third-order valence-corrected chi connectivity index (χ3v) is 7.87. The third kappa shape index (κ3) is 5.35. The number of hydrogen-bond acceptors (Lipinski definition) is 8. The first-order valence-electron chi connectivity index (χ1n) is 11.4. The highest BCUT2D eigenvalue weighted by Gasteiger charge is 2.37. The highest BCUT2D eigenvalue weighted by molar-refractivity contribution is 7.89. The molecule has 0 saturated carbocycles. The SMILES string of the molecule is CC(=O)CN1CCN(S(=O)(=O)c2cnn(C)n2)C[C@@H]1c1cc(C=N)c(Nc2ccc(F)cc2)cc1C. The molecule has 0 radical (unpaired) electrons. The fraction of sp³-hybridized carbons (Fsp3) is 0.333. The van der Waals surface area contributed by atoms with E-state index < -0.39 is 16.1 Å². The summed E-state index contributed by atoms with van der Waals surface area (Å²) < 4.78 is 41.2. The molecule has 0 spiro atoms. The van der Waals surface area contributed by atoms with Crippen LogP contribution in [0.15, 0.2) is 47.6 Å². The molecule has 2 heterocycles. The van der Waals surface area contributed by atoms with Gasteiger partial charge in [-0.15, -0.1) is 5.10 Å². The van der Waals surface area contributed by atoms with Gasteiger partial charge in [0.2, 0.25) is 5.03 Å². The summed E-state index contributed by atoms with van der Waals surface area (Å²) in [4.78, 5) is 15.2. The number of piperazine rings is 1. The van der Waals surface area contributed by atoms with Crippen molar-refractivity contribution in [1.29, 1.82) is 5.41 Å². The van der Waals surface area contributed by atoms with Crippen molar-refractivity contribution < 1.29 is 17.6 Å². The number of Topliss-reactive ketones (excluding diaryl/α,β-unsaturated/α-hetero) is 1. The minimum Gasteiger partial charge on any atom is -0.355 e.